The number of aromatic nitrogens is 3. The molecule has 1 fully saturated rings. The maximum Gasteiger partial charge on any atom is 0.277 e. The third-order valence-electron chi connectivity index (χ3n) is 3.67. The van der Waals surface area contributed by atoms with Gasteiger partial charge in [-0.3, -0.25) is 9.78 Å². The van der Waals surface area contributed by atoms with Crippen LogP contribution in [0.3, 0.4) is 0 Å². The summed E-state index contributed by atoms with van der Waals surface area (Å²) in [7, 11) is 0. The molecule has 1 atom stereocenters. The number of hydrogen-bond donors (Lipinski definition) is 1. The molecule has 0 radical (unpaired) electrons. The van der Waals surface area contributed by atoms with Crippen molar-refractivity contribution < 1.29 is 9.21 Å². The summed E-state index contributed by atoms with van der Waals surface area (Å²) >= 11 is 1.15. The van der Waals surface area contributed by atoms with Crippen LogP contribution in [0.2, 0.25) is 0 Å². The Morgan fingerprint density at radius 2 is 2.39 bits per heavy atom. The Bertz CT molecular complexity index is 738. The van der Waals surface area contributed by atoms with Crippen LogP contribution in [0.4, 0.5) is 0 Å². The molecule has 2 aromatic heterocycles. The van der Waals surface area contributed by atoms with Crippen LogP contribution >= 0.6 is 11.8 Å². The van der Waals surface area contributed by atoms with E-state index in [-0.39, 0.29) is 17.6 Å². The number of rotatable bonds is 6. The van der Waals surface area contributed by atoms with Gasteiger partial charge in [-0.25, -0.2) is 0 Å². The van der Waals surface area contributed by atoms with Gasteiger partial charge in [0, 0.05) is 12.4 Å². The van der Waals surface area contributed by atoms with Crippen LogP contribution in [0, 0.1) is 17.2 Å². The summed E-state index contributed by atoms with van der Waals surface area (Å²) in [6.07, 6.45) is 5.25. The van der Waals surface area contributed by atoms with E-state index in [4.69, 9.17) is 4.42 Å². The first-order valence-electron chi connectivity index (χ1n) is 7.20. The molecular weight excluding hydrogens is 314 g/mol. The minimum absolute atomic E-state index is 0.124. The molecule has 23 heavy (non-hydrogen) atoms. The van der Waals surface area contributed by atoms with Crippen molar-refractivity contribution >= 4 is 17.7 Å². The SMILES string of the molecule is CC(C#N)(NC(=O)CSc1nnc(-c2cccnc2)o1)C1CC1. The Morgan fingerprint density at radius 3 is 3.04 bits per heavy atom. The normalized spacial score (nSPS) is 16.3. The van der Waals surface area contributed by atoms with E-state index in [1.54, 1.807) is 25.4 Å². The molecule has 7 nitrogen and oxygen atoms in total. The first-order valence-corrected chi connectivity index (χ1v) is 8.18. The molecule has 0 bridgehead atoms. The van der Waals surface area contributed by atoms with Gasteiger partial charge in [0.15, 0.2) is 0 Å². The topological polar surface area (TPSA) is 105 Å². The molecule has 0 aromatic carbocycles. The van der Waals surface area contributed by atoms with Crippen LogP contribution < -0.4 is 5.32 Å². The molecule has 2 heterocycles. The van der Waals surface area contributed by atoms with Crippen molar-refractivity contribution in [3.8, 4) is 17.5 Å². The van der Waals surface area contributed by atoms with E-state index < -0.39 is 5.54 Å². The van der Waals surface area contributed by atoms with Crippen LogP contribution in [0.1, 0.15) is 19.8 Å². The molecular formula is C15H15N5O2S. The Morgan fingerprint density at radius 1 is 1.57 bits per heavy atom. The molecule has 1 amide bonds. The molecule has 1 aliphatic carbocycles. The van der Waals surface area contributed by atoms with Gasteiger partial charge in [-0.15, -0.1) is 10.2 Å². The van der Waals surface area contributed by atoms with Gasteiger partial charge in [-0.05, 0) is 37.8 Å². The van der Waals surface area contributed by atoms with E-state index in [9.17, 15) is 10.1 Å². The van der Waals surface area contributed by atoms with Gasteiger partial charge in [0.2, 0.25) is 11.8 Å². The average Bonchev–Trinajstić information content (AvgIpc) is 3.33. The van der Waals surface area contributed by atoms with E-state index in [2.05, 4.69) is 26.6 Å². The van der Waals surface area contributed by atoms with Crippen molar-refractivity contribution in [3.05, 3.63) is 24.5 Å². The molecule has 0 spiro atoms. The highest BCUT2D eigenvalue weighted by molar-refractivity contribution is 7.99. The van der Waals surface area contributed by atoms with Crippen molar-refractivity contribution in [3.63, 3.8) is 0 Å². The lowest BCUT2D eigenvalue weighted by Gasteiger charge is -2.22. The minimum Gasteiger partial charge on any atom is -0.411 e. The maximum absolute atomic E-state index is 12.0. The van der Waals surface area contributed by atoms with E-state index in [1.165, 1.54) is 0 Å². The summed E-state index contributed by atoms with van der Waals surface area (Å²) in [4.78, 5) is 16.0. The second kappa shape index (κ2) is 6.38. The zero-order valence-electron chi connectivity index (χ0n) is 12.5. The third-order valence-corrected chi connectivity index (χ3v) is 4.49. The van der Waals surface area contributed by atoms with Crippen molar-refractivity contribution in [2.24, 2.45) is 5.92 Å². The van der Waals surface area contributed by atoms with Gasteiger partial charge in [-0.1, -0.05) is 11.8 Å². The summed E-state index contributed by atoms with van der Waals surface area (Å²) in [5.41, 5.74) is -0.0602. The molecule has 1 aliphatic rings. The van der Waals surface area contributed by atoms with E-state index in [0.29, 0.717) is 11.1 Å². The first kappa shape index (κ1) is 15.5. The summed E-state index contributed by atoms with van der Waals surface area (Å²) in [6, 6.07) is 5.79. The van der Waals surface area contributed by atoms with Crippen LogP contribution in [-0.2, 0) is 4.79 Å². The number of nitrogens with zero attached hydrogens (tertiary/aromatic N) is 4. The number of carbonyl (C=O) groups excluding carboxylic acids is 1. The summed E-state index contributed by atoms with van der Waals surface area (Å²) in [5, 5.41) is 20.2. The predicted octanol–water partition coefficient (Wildman–Crippen LogP) is 2.03. The Balaban J connectivity index is 1.56. The van der Waals surface area contributed by atoms with Gasteiger partial charge in [0.1, 0.15) is 5.54 Å². The zero-order chi connectivity index (χ0) is 16.3. The fraction of sp³-hybridized carbons (Fsp3) is 0.400. The van der Waals surface area contributed by atoms with Gasteiger partial charge in [-0.2, -0.15) is 5.26 Å². The van der Waals surface area contributed by atoms with Gasteiger partial charge in [0.05, 0.1) is 17.4 Å². The molecule has 0 saturated heterocycles. The summed E-state index contributed by atoms with van der Waals surface area (Å²) in [6.45, 7) is 1.76. The smallest absolute Gasteiger partial charge is 0.277 e. The van der Waals surface area contributed by atoms with E-state index in [0.717, 1.165) is 30.2 Å². The molecule has 1 unspecified atom stereocenters. The molecule has 1 saturated carbocycles. The second-order valence-electron chi connectivity index (χ2n) is 5.54. The number of hydrogen-bond acceptors (Lipinski definition) is 7. The number of thioether (sulfide) groups is 1. The molecule has 8 heteroatoms. The quantitative estimate of drug-likeness (QED) is 0.808. The summed E-state index contributed by atoms with van der Waals surface area (Å²) in [5.74, 6) is 0.522. The Kier molecular flexibility index (Phi) is 4.30. The fourth-order valence-corrected chi connectivity index (χ4v) is 2.77. The van der Waals surface area contributed by atoms with Crippen LogP contribution in [-0.4, -0.2) is 32.4 Å². The highest BCUT2D eigenvalue weighted by Gasteiger charge is 2.42. The Labute approximate surface area is 137 Å². The van der Waals surface area contributed by atoms with Gasteiger partial charge < -0.3 is 9.73 Å². The lowest BCUT2D eigenvalue weighted by Crippen LogP contribution is -2.47. The lowest BCUT2D eigenvalue weighted by atomic mass is 9.98. The standard InChI is InChI=1S/C15H15N5O2S/c1-15(9-16,11-4-5-11)18-12(21)8-23-14-20-19-13(22-14)10-3-2-6-17-7-10/h2-3,6-7,11H,4-5,8H2,1H3,(H,18,21). The van der Waals surface area contributed by atoms with Crippen LogP contribution in [0.5, 0.6) is 0 Å². The van der Waals surface area contributed by atoms with Crippen LogP contribution in [0.15, 0.2) is 34.2 Å². The average molecular weight is 329 g/mol. The van der Waals surface area contributed by atoms with Gasteiger partial charge >= 0.3 is 0 Å². The van der Waals surface area contributed by atoms with Crippen molar-refractivity contribution in [1.29, 1.82) is 5.26 Å². The number of nitriles is 1. The largest absolute Gasteiger partial charge is 0.411 e. The minimum atomic E-state index is -0.784. The highest BCUT2D eigenvalue weighted by Crippen LogP contribution is 2.39. The third kappa shape index (κ3) is 3.68. The monoisotopic (exact) mass is 329 g/mol. The van der Waals surface area contributed by atoms with Crippen molar-refractivity contribution in [2.45, 2.75) is 30.5 Å². The van der Waals surface area contributed by atoms with Gasteiger partial charge in [0.25, 0.3) is 5.22 Å². The molecule has 0 aliphatic heterocycles. The van der Waals surface area contributed by atoms with Crippen molar-refractivity contribution in [1.82, 2.24) is 20.5 Å². The predicted molar refractivity (Wildman–Crippen MR) is 83.1 cm³/mol. The van der Waals surface area contributed by atoms with E-state index >= 15 is 0 Å². The number of pyridine rings is 1. The maximum atomic E-state index is 12.0. The number of amides is 1. The highest BCUT2D eigenvalue weighted by atomic mass is 32.2. The lowest BCUT2D eigenvalue weighted by molar-refractivity contribution is -0.119. The fourth-order valence-electron chi connectivity index (χ4n) is 2.21. The van der Waals surface area contributed by atoms with Crippen LogP contribution in [0.25, 0.3) is 11.5 Å². The molecule has 2 aromatic rings. The molecule has 3 rings (SSSR count). The Hall–Kier alpha value is -2.40. The molecule has 1 N–H and O–H groups in total. The molecule has 118 valence electrons. The summed E-state index contributed by atoms with van der Waals surface area (Å²) < 4.78 is 5.49. The number of nitrogens with one attached hydrogen (secondary N) is 1. The second-order valence-corrected chi connectivity index (χ2v) is 6.47. The first-order chi connectivity index (χ1) is 11.1. The van der Waals surface area contributed by atoms with E-state index in [1.807, 2.05) is 6.07 Å². The van der Waals surface area contributed by atoms with Crippen molar-refractivity contribution in [2.75, 3.05) is 5.75 Å². The number of carbonyl (C=O) groups is 1. The zero-order valence-corrected chi connectivity index (χ0v) is 13.3.